The fourth-order valence-corrected chi connectivity index (χ4v) is 5.76. The van der Waals surface area contributed by atoms with Crippen LogP contribution in [0.25, 0.3) is 0 Å². The minimum absolute atomic E-state index is 0.0876. The number of carbonyl (C=O) groups is 1. The predicted molar refractivity (Wildman–Crippen MR) is 103 cm³/mol. The molecule has 2 unspecified atom stereocenters. The number of carboxylic acids is 1. The molecule has 0 fully saturated rings. The Morgan fingerprint density at radius 2 is 2.25 bits per heavy atom. The third-order valence-corrected chi connectivity index (χ3v) is 6.87. The van der Waals surface area contributed by atoms with Gasteiger partial charge in [0.1, 0.15) is 0 Å². The van der Waals surface area contributed by atoms with Gasteiger partial charge in [-0.15, -0.1) is 11.8 Å². The summed E-state index contributed by atoms with van der Waals surface area (Å²) in [4.78, 5) is 13.4. The molecule has 24 heavy (non-hydrogen) atoms. The van der Waals surface area contributed by atoms with E-state index in [1.165, 1.54) is 4.91 Å². The molecule has 1 aliphatic heterocycles. The van der Waals surface area contributed by atoms with Gasteiger partial charge in [0.05, 0.1) is 11.2 Å². The van der Waals surface area contributed by atoms with Gasteiger partial charge in [-0.2, -0.15) is 0 Å². The van der Waals surface area contributed by atoms with Crippen LogP contribution >= 0.6 is 36.2 Å². The van der Waals surface area contributed by atoms with Crippen LogP contribution < -0.4 is 4.72 Å². The normalized spacial score (nSPS) is 25.7. The van der Waals surface area contributed by atoms with Crippen LogP contribution in [-0.2, 0) is 11.3 Å². The molecule has 2 aliphatic rings. The number of halogens is 1. The van der Waals surface area contributed by atoms with Gasteiger partial charge in [-0.1, -0.05) is 44.3 Å². The van der Waals surface area contributed by atoms with Gasteiger partial charge in [-0.05, 0) is 58.4 Å². The Morgan fingerprint density at radius 1 is 1.50 bits per heavy atom. The molecule has 0 radical (unpaired) electrons. The number of carboxylic acid groups (broad SMARTS) is 1. The first-order chi connectivity index (χ1) is 11.3. The molecule has 1 heterocycles. The zero-order chi connectivity index (χ0) is 17.5. The maximum absolute atomic E-state index is 12.1. The Balaban J connectivity index is 2.00. The van der Waals surface area contributed by atoms with Gasteiger partial charge in [-0.3, -0.25) is 9.52 Å². The number of rotatable bonds is 4. The summed E-state index contributed by atoms with van der Waals surface area (Å²) in [5.74, 6) is -1.18. The van der Waals surface area contributed by atoms with E-state index in [1.807, 2.05) is 18.2 Å². The second-order valence-electron chi connectivity index (χ2n) is 7.32. The largest absolute Gasteiger partial charge is 0.481 e. The highest BCUT2D eigenvalue weighted by Crippen LogP contribution is 2.59. The Bertz CT molecular complexity index is 702. The van der Waals surface area contributed by atoms with Crippen LogP contribution in [0.2, 0.25) is 5.02 Å². The standard InChI is InChI=1S/C18H22ClNO2S2/c1-18(2)6-5-14-13(8-18)15(17(21)22)16(24-14)12-4-3-11(19)7-10(12)9-20-23/h3-4,7,15-16,20,23H,5-6,8-9H2,1-2H3,(H,21,22). The lowest BCUT2D eigenvalue weighted by Crippen LogP contribution is -2.25. The van der Waals surface area contributed by atoms with Crippen molar-refractivity contribution in [2.75, 3.05) is 0 Å². The number of hydrogen-bond acceptors (Lipinski definition) is 4. The molecule has 2 N–H and O–H groups in total. The van der Waals surface area contributed by atoms with E-state index >= 15 is 0 Å². The molecule has 1 aromatic rings. The summed E-state index contributed by atoms with van der Waals surface area (Å²) in [6, 6.07) is 5.72. The topological polar surface area (TPSA) is 49.3 Å². The van der Waals surface area contributed by atoms with Crippen molar-refractivity contribution in [2.45, 2.75) is 44.9 Å². The summed E-state index contributed by atoms with van der Waals surface area (Å²) in [7, 11) is 0. The number of aliphatic carboxylic acids is 1. The van der Waals surface area contributed by atoms with Gasteiger partial charge in [0.15, 0.2) is 0 Å². The van der Waals surface area contributed by atoms with Crippen LogP contribution in [0.1, 0.15) is 49.5 Å². The fourth-order valence-electron chi connectivity index (χ4n) is 3.75. The van der Waals surface area contributed by atoms with Crippen molar-refractivity contribution in [3.63, 3.8) is 0 Å². The zero-order valence-corrected chi connectivity index (χ0v) is 16.3. The summed E-state index contributed by atoms with van der Waals surface area (Å²) in [5.41, 5.74) is 3.37. The van der Waals surface area contributed by atoms with Crippen molar-refractivity contribution >= 4 is 42.1 Å². The van der Waals surface area contributed by atoms with E-state index < -0.39 is 11.9 Å². The highest BCUT2D eigenvalue weighted by atomic mass is 35.5. The first-order valence-corrected chi connectivity index (χ1v) is 9.79. The van der Waals surface area contributed by atoms with E-state index in [1.54, 1.807) is 11.8 Å². The van der Waals surface area contributed by atoms with E-state index in [0.29, 0.717) is 11.6 Å². The van der Waals surface area contributed by atoms with Crippen LogP contribution in [0.4, 0.5) is 0 Å². The molecule has 6 heteroatoms. The Kier molecular flexibility index (Phi) is 5.26. The van der Waals surface area contributed by atoms with Crippen LogP contribution in [-0.4, -0.2) is 11.1 Å². The molecule has 0 saturated carbocycles. The van der Waals surface area contributed by atoms with E-state index in [9.17, 15) is 9.90 Å². The van der Waals surface area contributed by atoms with Gasteiger partial charge in [0.2, 0.25) is 0 Å². The summed E-state index contributed by atoms with van der Waals surface area (Å²) in [5, 5.41) is 10.5. The van der Waals surface area contributed by atoms with E-state index in [0.717, 1.165) is 36.0 Å². The Morgan fingerprint density at radius 3 is 2.92 bits per heavy atom. The van der Waals surface area contributed by atoms with Gasteiger partial charge in [0.25, 0.3) is 0 Å². The van der Waals surface area contributed by atoms with Gasteiger partial charge >= 0.3 is 5.97 Å². The molecule has 1 aromatic carbocycles. The van der Waals surface area contributed by atoms with E-state index in [-0.39, 0.29) is 10.7 Å². The molecular weight excluding hydrogens is 362 g/mol. The Hall–Kier alpha value is -0.620. The predicted octanol–water partition coefficient (Wildman–Crippen LogP) is 5.23. The minimum atomic E-state index is -0.727. The van der Waals surface area contributed by atoms with Crippen molar-refractivity contribution < 1.29 is 9.90 Å². The van der Waals surface area contributed by atoms with Crippen LogP contribution in [0, 0.1) is 11.3 Å². The lowest BCUT2D eigenvalue weighted by molar-refractivity contribution is -0.140. The highest BCUT2D eigenvalue weighted by Gasteiger charge is 2.45. The van der Waals surface area contributed by atoms with Crippen molar-refractivity contribution in [1.29, 1.82) is 0 Å². The summed E-state index contributed by atoms with van der Waals surface area (Å²) >= 11 is 12.0. The molecule has 0 bridgehead atoms. The number of thiol groups is 1. The molecule has 130 valence electrons. The van der Waals surface area contributed by atoms with Gasteiger partial charge in [0, 0.05) is 11.6 Å². The van der Waals surface area contributed by atoms with E-state index in [4.69, 9.17) is 11.6 Å². The number of thioether (sulfide) groups is 1. The van der Waals surface area contributed by atoms with Crippen molar-refractivity contribution in [3.8, 4) is 0 Å². The summed E-state index contributed by atoms with van der Waals surface area (Å²) < 4.78 is 2.86. The van der Waals surface area contributed by atoms with Crippen LogP contribution in [0.5, 0.6) is 0 Å². The average molecular weight is 384 g/mol. The Labute approximate surface area is 157 Å². The third-order valence-electron chi connectivity index (χ3n) is 4.95. The minimum Gasteiger partial charge on any atom is -0.481 e. The number of hydrogen-bond donors (Lipinski definition) is 3. The van der Waals surface area contributed by atoms with Crippen LogP contribution in [0.3, 0.4) is 0 Å². The third kappa shape index (κ3) is 3.50. The zero-order valence-electron chi connectivity index (χ0n) is 13.8. The molecule has 0 saturated heterocycles. The highest BCUT2D eigenvalue weighted by molar-refractivity contribution is 8.03. The van der Waals surface area contributed by atoms with Crippen molar-refractivity contribution in [3.05, 3.63) is 44.8 Å². The smallest absolute Gasteiger partial charge is 0.312 e. The number of benzene rings is 1. The summed E-state index contributed by atoms with van der Waals surface area (Å²) in [6.07, 6.45) is 2.97. The SMILES string of the molecule is CC1(C)CCC2=C(C1)C(C(=O)O)C(c1ccc(Cl)cc1CNS)S2. The van der Waals surface area contributed by atoms with Gasteiger partial charge in [-0.25, -0.2) is 0 Å². The molecule has 0 aromatic heterocycles. The number of allylic oxidation sites excluding steroid dienone is 1. The van der Waals surface area contributed by atoms with Crippen molar-refractivity contribution in [2.24, 2.45) is 11.3 Å². The monoisotopic (exact) mass is 383 g/mol. The second-order valence-corrected chi connectivity index (χ2v) is 9.31. The average Bonchev–Trinajstić information content (AvgIpc) is 2.84. The molecular formula is C18H22ClNO2S2. The summed E-state index contributed by atoms with van der Waals surface area (Å²) in [6.45, 7) is 5.01. The quantitative estimate of drug-likeness (QED) is 0.623. The van der Waals surface area contributed by atoms with Crippen LogP contribution in [0.15, 0.2) is 28.7 Å². The second kappa shape index (κ2) is 6.94. The molecule has 0 spiro atoms. The first-order valence-electron chi connectivity index (χ1n) is 8.09. The van der Waals surface area contributed by atoms with Crippen molar-refractivity contribution in [1.82, 2.24) is 4.72 Å². The molecule has 0 amide bonds. The molecule has 3 rings (SSSR count). The maximum atomic E-state index is 12.1. The molecule has 2 atom stereocenters. The van der Waals surface area contributed by atoms with E-state index in [2.05, 4.69) is 31.4 Å². The lowest BCUT2D eigenvalue weighted by Gasteiger charge is -2.31. The first kappa shape index (κ1) is 18.2. The number of nitrogens with one attached hydrogen (secondary N) is 1. The fraction of sp³-hybridized carbons (Fsp3) is 0.500. The lowest BCUT2D eigenvalue weighted by atomic mass is 9.73. The maximum Gasteiger partial charge on any atom is 0.312 e. The molecule has 1 aliphatic carbocycles. The van der Waals surface area contributed by atoms with Gasteiger partial charge < -0.3 is 5.11 Å². The molecule has 3 nitrogen and oxygen atoms in total.